The maximum atomic E-state index is 12.4. The van der Waals surface area contributed by atoms with Crippen LogP contribution in [0, 0.1) is 6.92 Å². The Morgan fingerprint density at radius 2 is 1.85 bits per heavy atom. The van der Waals surface area contributed by atoms with Gasteiger partial charge in [0.2, 0.25) is 10.0 Å². The van der Waals surface area contributed by atoms with Crippen LogP contribution in [-0.4, -0.2) is 38.5 Å². The highest BCUT2D eigenvalue weighted by atomic mass is 32.2. The molecule has 1 N–H and O–H groups in total. The number of hydrogen-bond acceptors (Lipinski definition) is 4. The SMILES string of the molecule is Cc1ccc(S(=O)(=O)NC2CCN(C(=O)OCc3ccccc3)C2)cc1. The topological polar surface area (TPSA) is 75.7 Å². The van der Waals surface area contributed by atoms with Gasteiger partial charge in [0.25, 0.3) is 0 Å². The van der Waals surface area contributed by atoms with Crippen molar-refractivity contribution >= 4 is 16.1 Å². The average molecular weight is 374 g/mol. The smallest absolute Gasteiger partial charge is 0.410 e. The van der Waals surface area contributed by atoms with Crippen molar-refractivity contribution in [2.45, 2.75) is 30.9 Å². The molecule has 2 aromatic carbocycles. The van der Waals surface area contributed by atoms with Crippen LogP contribution < -0.4 is 4.72 Å². The monoisotopic (exact) mass is 374 g/mol. The Hall–Kier alpha value is -2.38. The molecule has 6 nitrogen and oxygen atoms in total. The highest BCUT2D eigenvalue weighted by molar-refractivity contribution is 7.89. The Bertz CT molecular complexity index is 851. The van der Waals surface area contributed by atoms with Crippen LogP contribution in [-0.2, 0) is 21.4 Å². The van der Waals surface area contributed by atoms with E-state index in [-0.39, 0.29) is 17.5 Å². The predicted octanol–water partition coefficient (Wildman–Crippen LogP) is 2.68. The van der Waals surface area contributed by atoms with Gasteiger partial charge in [0, 0.05) is 19.1 Å². The number of benzene rings is 2. The molecule has 0 aliphatic carbocycles. The molecule has 138 valence electrons. The van der Waals surface area contributed by atoms with Crippen molar-refractivity contribution in [3.8, 4) is 0 Å². The lowest BCUT2D eigenvalue weighted by Gasteiger charge is -2.17. The number of sulfonamides is 1. The number of amides is 1. The maximum absolute atomic E-state index is 12.4. The van der Waals surface area contributed by atoms with Crippen molar-refractivity contribution < 1.29 is 17.9 Å². The molecule has 26 heavy (non-hydrogen) atoms. The molecule has 0 bridgehead atoms. The second kappa shape index (κ2) is 7.88. The van der Waals surface area contributed by atoms with E-state index in [1.165, 1.54) is 4.90 Å². The van der Waals surface area contributed by atoms with Gasteiger partial charge < -0.3 is 9.64 Å². The molecular formula is C19H22N2O4S. The summed E-state index contributed by atoms with van der Waals surface area (Å²) in [4.78, 5) is 13.9. The largest absolute Gasteiger partial charge is 0.445 e. The third-order valence-electron chi connectivity index (χ3n) is 4.30. The van der Waals surface area contributed by atoms with Gasteiger partial charge in [-0.3, -0.25) is 0 Å². The van der Waals surface area contributed by atoms with Crippen molar-refractivity contribution in [2.75, 3.05) is 13.1 Å². The molecule has 3 rings (SSSR count). The summed E-state index contributed by atoms with van der Waals surface area (Å²) in [6.07, 6.45) is 0.136. The van der Waals surface area contributed by atoms with E-state index in [4.69, 9.17) is 4.74 Å². The van der Waals surface area contributed by atoms with E-state index in [1.54, 1.807) is 24.3 Å². The van der Waals surface area contributed by atoms with Crippen LogP contribution in [0.25, 0.3) is 0 Å². The molecule has 2 aromatic rings. The Balaban J connectivity index is 1.53. The second-order valence-electron chi connectivity index (χ2n) is 6.41. The Morgan fingerprint density at radius 3 is 2.54 bits per heavy atom. The molecule has 1 aliphatic rings. The molecule has 0 spiro atoms. The Labute approximate surface area is 153 Å². The van der Waals surface area contributed by atoms with Crippen LogP contribution in [0.1, 0.15) is 17.5 Å². The summed E-state index contributed by atoms with van der Waals surface area (Å²) in [5.41, 5.74) is 1.91. The summed E-state index contributed by atoms with van der Waals surface area (Å²) in [6, 6.07) is 15.8. The van der Waals surface area contributed by atoms with Crippen LogP contribution >= 0.6 is 0 Å². The highest BCUT2D eigenvalue weighted by Crippen LogP contribution is 2.16. The zero-order valence-electron chi connectivity index (χ0n) is 14.6. The molecule has 1 atom stereocenters. The van der Waals surface area contributed by atoms with Crippen LogP contribution in [0.5, 0.6) is 0 Å². The molecule has 0 radical (unpaired) electrons. The minimum absolute atomic E-state index is 0.204. The van der Waals surface area contributed by atoms with Crippen LogP contribution in [0.3, 0.4) is 0 Å². The van der Waals surface area contributed by atoms with Gasteiger partial charge in [-0.25, -0.2) is 17.9 Å². The maximum Gasteiger partial charge on any atom is 0.410 e. The van der Waals surface area contributed by atoms with Crippen LogP contribution in [0.4, 0.5) is 4.79 Å². The van der Waals surface area contributed by atoms with Crippen LogP contribution in [0.2, 0.25) is 0 Å². The molecule has 1 fully saturated rings. The molecular weight excluding hydrogens is 352 g/mol. The zero-order valence-corrected chi connectivity index (χ0v) is 15.4. The summed E-state index contributed by atoms with van der Waals surface area (Å²) in [5.74, 6) is 0. The molecule has 1 amide bonds. The number of ether oxygens (including phenoxy) is 1. The number of nitrogens with one attached hydrogen (secondary N) is 1. The fraction of sp³-hybridized carbons (Fsp3) is 0.316. The molecule has 0 aromatic heterocycles. The lowest BCUT2D eigenvalue weighted by Crippen LogP contribution is -2.38. The highest BCUT2D eigenvalue weighted by Gasteiger charge is 2.30. The fourth-order valence-electron chi connectivity index (χ4n) is 2.84. The number of aryl methyl sites for hydroxylation is 1. The quantitative estimate of drug-likeness (QED) is 0.873. The number of rotatable bonds is 5. The van der Waals surface area contributed by atoms with Gasteiger partial charge >= 0.3 is 6.09 Å². The lowest BCUT2D eigenvalue weighted by atomic mass is 10.2. The molecule has 7 heteroatoms. The first-order chi connectivity index (χ1) is 12.4. The van der Waals surface area contributed by atoms with E-state index in [2.05, 4.69) is 4.72 Å². The minimum Gasteiger partial charge on any atom is -0.445 e. The van der Waals surface area contributed by atoms with Gasteiger partial charge in [0.1, 0.15) is 6.61 Å². The molecule has 1 heterocycles. The molecule has 0 saturated carbocycles. The standard InChI is InChI=1S/C19H22N2O4S/c1-15-7-9-18(10-8-15)26(23,24)20-17-11-12-21(13-17)19(22)25-14-16-5-3-2-4-6-16/h2-10,17,20H,11-14H2,1H3. The number of carbonyl (C=O) groups excluding carboxylic acids is 1. The summed E-state index contributed by atoms with van der Waals surface area (Å²) in [5, 5.41) is 0. The third kappa shape index (κ3) is 4.62. The summed E-state index contributed by atoms with van der Waals surface area (Å²) in [6.45, 7) is 2.88. The van der Waals surface area contributed by atoms with E-state index in [9.17, 15) is 13.2 Å². The summed E-state index contributed by atoms with van der Waals surface area (Å²) < 4.78 is 32.9. The van der Waals surface area contributed by atoms with E-state index < -0.39 is 16.1 Å². The lowest BCUT2D eigenvalue weighted by molar-refractivity contribution is 0.104. The van der Waals surface area contributed by atoms with Crippen molar-refractivity contribution in [3.05, 3.63) is 65.7 Å². The van der Waals surface area contributed by atoms with Gasteiger partial charge in [0.05, 0.1) is 4.90 Å². The van der Waals surface area contributed by atoms with E-state index >= 15 is 0 Å². The number of nitrogens with zero attached hydrogens (tertiary/aromatic N) is 1. The first-order valence-electron chi connectivity index (χ1n) is 8.49. The van der Waals surface area contributed by atoms with Crippen molar-refractivity contribution in [1.29, 1.82) is 0 Å². The van der Waals surface area contributed by atoms with Gasteiger partial charge in [-0.1, -0.05) is 48.0 Å². The van der Waals surface area contributed by atoms with Gasteiger partial charge in [-0.05, 0) is 31.0 Å². The van der Waals surface area contributed by atoms with Gasteiger partial charge in [-0.15, -0.1) is 0 Å². The van der Waals surface area contributed by atoms with E-state index in [0.29, 0.717) is 19.5 Å². The second-order valence-corrected chi connectivity index (χ2v) is 8.12. The third-order valence-corrected chi connectivity index (χ3v) is 5.84. The predicted molar refractivity (Wildman–Crippen MR) is 98.1 cm³/mol. The number of hydrogen-bond donors (Lipinski definition) is 1. The normalized spacial score (nSPS) is 17.3. The van der Waals surface area contributed by atoms with Crippen LogP contribution in [0.15, 0.2) is 59.5 Å². The average Bonchev–Trinajstić information content (AvgIpc) is 3.09. The Kier molecular flexibility index (Phi) is 5.58. The minimum atomic E-state index is -3.59. The molecule has 1 saturated heterocycles. The summed E-state index contributed by atoms with van der Waals surface area (Å²) in [7, 11) is -3.59. The Morgan fingerprint density at radius 1 is 1.15 bits per heavy atom. The molecule has 1 unspecified atom stereocenters. The number of likely N-dealkylation sites (tertiary alicyclic amines) is 1. The van der Waals surface area contributed by atoms with Crippen molar-refractivity contribution in [2.24, 2.45) is 0 Å². The zero-order chi connectivity index (χ0) is 18.6. The van der Waals surface area contributed by atoms with Crippen molar-refractivity contribution in [1.82, 2.24) is 9.62 Å². The fourth-order valence-corrected chi connectivity index (χ4v) is 4.10. The van der Waals surface area contributed by atoms with Gasteiger partial charge in [-0.2, -0.15) is 0 Å². The van der Waals surface area contributed by atoms with Gasteiger partial charge in [0.15, 0.2) is 0 Å². The van der Waals surface area contributed by atoms with E-state index in [0.717, 1.165) is 11.1 Å². The number of carbonyl (C=O) groups is 1. The summed E-state index contributed by atoms with van der Waals surface area (Å²) >= 11 is 0. The first kappa shape index (κ1) is 18.4. The first-order valence-corrected chi connectivity index (χ1v) is 9.97. The molecule has 1 aliphatic heterocycles. The van der Waals surface area contributed by atoms with E-state index in [1.807, 2.05) is 37.3 Å². The van der Waals surface area contributed by atoms with Crippen molar-refractivity contribution in [3.63, 3.8) is 0 Å².